The fraction of sp³-hybridized carbons (Fsp3) is 0.150. The highest BCUT2D eigenvalue weighted by Crippen LogP contribution is 2.31. The first-order chi connectivity index (χ1) is 13.4. The topological polar surface area (TPSA) is 66.5 Å². The lowest BCUT2D eigenvalue weighted by molar-refractivity contribution is 0.0955. The van der Waals surface area contributed by atoms with Crippen molar-refractivity contribution in [2.24, 2.45) is 0 Å². The zero-order valence-electron chi connectivity index (χ0n) is 15.1. The number of rotatable bonds is 7. The van der Waals surface area contributed by atoms with Crippen LogP contribution in [-0.2, 0) is 16.6 Å². The van der Waals surface area contributed by atoms with Crippen molar-refractivity contribution in [1.82, 2.24) is 5.32 Å². The van der Waals surface area contributed by atoms with Gasteiger partial charge in [0.05, 0.1) is 10.6 Å². The third-order valence-corrected chi connectivity index (χ3v) is 7.31. The Morgan fingerprint density at radius 3 is 2.43 bits per heavy atom. The molecule has 2 aromatic carbocycles. The van der Waals surface area contributed by atoms with Gasteiger partial charge in [-0.3, -0.25) is 9.10 Å². The van der Waals surface area contributed by atoms with Gasteiger partial charge in [-0.05, 0) is 42.1 Å². The Labute approximate surface area is 173 Å². The molecular formula is C20H19ClN2O3S2. The van der Waals surface area contributed by atoms with Crippen molar-refractivity contribution in [1.29, 1.82) is 0 Å². The van der Waals surface area contributed by atoms with Crippen LogP contribution in [0.15, 0.2) is 70.9 Å². The lowest BCUT2D eigenvalue weighted by atomic mass is 10.2. The number of hydrogen-bond acceptors (Lipinski definition) is 4. The Bertz CT molecular complexity index is 1070. The largest absolute Gasteiger partial charge is 0.347 e. The maximum absolute atomic E-state index is 13.0. The molecule has 0 fully saturated rings. The lowest BCUT2D eigenvalue weighted by Gasteiger charge is -2.23. The van der Waals surface area contributed by atoms with E-state index in [0.29, 0.717) is 15.6 Å². The van der Waals surface area contributed by atoms with Crippen LogP contribution in [-0.4, -0.2) is 20.9 Å². The molecule has 0 atom stereocenters. The Morgan fingerprint density at radius 1 is 1.07 bits per heavy atom. The van der Waals surface area contributed by atoms with Crippen LogP contribution in [0.4, 0.5) is 5.69 Å². The van der Waals surface area contributed by atoms with E-state index >= 15 is 0 Å². The molecule has 3 rings (SSSR count). The molecule has 8 heteroatoms. The van der Waals surface area contributed by atoms with Gasteiger partial charge in [-0.2, -0.15) is 0 Å². The first kappa shape index (κ1) is 20.4. The van der Waals surface area contributed by atoms with Crippen LogP contribution in [0.3, 0.4) is 0 Å². The summed E-state index contributed by atoms with van der Waals surface area (Å²) in [5.41, 5.74) is 1.16. The van der Waals surface area contributed by atoms with Gasteiger partial charge in [0.2, 0.25) is 0 Å². The molecule has 146 valence electrons. The van der Waals surface area contributed by atoms with Crippen molar-refractivity contribution < 1.29 is 13.2 Å². The molecule has 0 aliphatic heterocycles. The first-order valence-electron chi connectivity index (χ1n) is 8.62. The number of halogens is 1. The summed E-state index contributed by atoms with van der Waals surface area (Å²) in [4.78, 5) is 13.3. The number of hydrogen-bond donors (Lipinski definition) is 1. The van der Waals surface area contributed by atoms with Crippen molar-refractivity contribution in [3.63, 3.8) is 0 Å². The number of carbonyl (C=O) groups is 1. The molecule has 0 aliphatic rings. The molecule has 1 N–H and O–H groups in total. The van der Waals surface area contributed by atoms with Crippen LogP contribution in [0.5, 0.6) is 0 Å². The van der Waals surface area contributed by atoms with Crippen LogP contribution in [0, 0.1) is 0 Å². The molecule has 1 heterocycles. The maximum Gasteiger partial charge on any atom is 0.264 e. The van der Waals surface area contributed by atoms with E-state index in [1.54, 1.807) is 54.8 Å². The minimum Gasteiger partial charge on any atom is -0.347 e. The van der Waals surface area contributed by atoms with E-state index in [9.17, 15) is 13.2 Å². The summed E-state index contributed by atoms with van der Waals surface area (Å²) in [7, 11) is -3.77. The molecular weight excluding hydrogens is 416 g/mol. The summed E-state index contributed by atoms with van der Waals surface area (Å²) < 4.78 is 27.3. The standard InChI is InChI=1S/C20H19ClN2O3S2/c1-2-23(28(25,26)16-9-4-3-5-10-16)18-12-13-27-19(18)20(24)22-14-15-8-6-7-11-17(15)21/h3-13H,2,14H2,1H3,(H,22,24). The predicted molar refractivity (Wildman–Crippen MR) is 114 cm³/mol. The van der Waals surface area contributed by atoms with Crippen molar-refractivity contribution in [3.05, 3.63) is 81.5 Å². The second-order valence-corrected chi connectivity index (χ2v) is 9.08. The van der Waals surface area contributed by atoms with Gasteiger partial charge in [0, 0.05) is 18.1 Å². The molecule has 0 aliphatic carbocycles. The van der Waals surface area contributed by atoms with Gasteiger partial charge in [0.25, 0.3) is 15.9 Å². The number of sulfonamides is 1. The lowest BCUT2D eigenvalue weighted by Crippen LogP contribution is -2.32. The smallest absolute Gasteiger partial charge is 0.264 e. The second-order valence-electron chi connectivity index (χ2n) is 5.89. The van der Waals surface area contributed by atoms with Gasteiger partial charge >= 0.3 is 0 Å². The van der Waals surface area contributed by atoms with E-state index < -0.39 is 10.0 Å². The van der Waals surface area contributed by atoms with E-state index in [-0.39, 0.29) is 23.9 Å². The summed E-state index contributed by atoms with van der Waals surface area (Å²) >= 11 is 7.33. The minimum absolute atomic E-state index is 0.186. The molecule has 28 heavy (non-hydrogen) atoms. The normalized spacial score (nSPS) is 11.2. The van der Waals surface area contributed by atoms with Gasteiger partial charge in [-0.25, -0.2) is 8.42 Å². The molecule has 0 saturated heterocycles. The number of amides is 1. The molecule has 1 aromatic heterocycles. The van der Waals surface area contributed by atoms with Crippen LogP contribution in [0.2, 0.25) is 5.02 Å². The molecule has 0 unspecified atom stereocenters. The average molecular weight is 435 g/mol. The highest BCUT2D eigenvalue weighted by molar-refractivity contribution is 7.92. The average Bonchev–Trinajstić information content (AvgIpc) is 3.17. The summed E-state index contributed by atoms with van der Waals surface area (Å²) in [5, 5.41) is 5.10. The van der Waals surface area contributed by atoms with Crippen LogP contribution < -0.4 is 9.62 Å². The van der Waals surface area contributed by atoms with E-state index in [2.05, 4.69) is 5.32 Å². The molecule has 0 radical (unpaired) electrons. The number of carbonyl (C=O) groups excluding carboxylic acids is 1. The van der Waals surface area contributed by atoms with E-state index in [4.69, 9.17) is 11.6 Å². The van der Waals surface area contributed by atoms with Gasteiger partial charge in [0.1, 0.15) is 4.88 Å². The molecule has 0 spiro atoms. The van der Waals surface area contributed by atoms with Crippen LogP contribution in [0.1, 0.15) is 22.2 Å². The number of benzene rings is 2. The molecule has 0 bridgehead atoms. The van der Waals surface area contributed by atoms with Crippen molar-refractivity contribution in [3.8, 4) is 0 Å². The third kappa shape index (κ3) is 4.22. The van der Waals surface area contributed by atoms with Gasteiger partial charge in [0.15, 0.2) is 0 Å². The van der Waals surface area contributed by atoms with Crippen molar-refractivity contribution >= 4 is 44.6 Å². The van der Waals surface area contributed by atoms with Crippen molar-refractivity contribution in [2.75, 3.05) is 10.8 Å². The third-order valence-electron chi connectivity index (χ3n) is 4.14. The van der Waals surface area contributed by atoms with E-state index in [1.807, 2.05) is 18.2 Å². The number of anilines is 1. The Kier molecular flexibility index (Phi) is 6.39. The molecule has 5 nitrogen and oxygen atoms in total. The molecule has 3 aromatic rings. The summed E-state index contributed by atoms with van der Waals surface area (Å²) in [6.45, 7) is 2.20. The SMILES string of the molecule is CCN(c1ccsc1C(=O)NCc1ccccc1Cl)S(=O)(=O)c1ccccc1. The van der Waals surface area contributed by atoms with Gasteiger partial charge in [-0.1, -0.05) is 48.0 Å². The second kappa shape index (κ2) is 8.77. The fourth-order valence-corrected chi connectivity index (χ4v) is 5.33. The number of nitrogens with zero attached hydrogens (tertiary/aromatic N) is 1. The fourth-order valence-electron chi connectivity index (χ4n) is 2.76. The number of thiophene rings is 1. The van der Waals surface area contributed by atoms with Gasteiger partial charge in [-0.15, -0.1) is 11.3 Å². The summed E-state index contributed by atoms with van der Waals surface area (Å²) in [5.74, 6) is -0.341. The predicted octanol–water partition coefficient (Wildman–Crippen LogP) is 4.55. The Balaban J connectivity index is 1.85. The summed E-state index contributed by atoms with van der Waals surface area (Å²) in [6, 6.07) is 17.1. The highest BCUT2D eigenvalue weighted by atomic mass is 35.5. The minimum atomic E-state index is -3.77. The Morgan fingerprint density at radius 2 is 1.75 bits per heavy atom. The molecule has 1 amide bonds. The Hall–Kier alpha value is -2.35. The molecule has 0 saturated carbocycles. The zero-order chi connectivity index (χ0) is 20.1. The quantitative estimate of drug-likeness (QED) is 0.593. The maximum atomic E-state index is 13.0. The van der Waals surface area contributed by atoms with Gasteiger partial charge < -0.3 is 5.32 Å². The summed E-state index contributed by atoms with van der Waals surface area (Å²) in [6.07, 6.45) is 0. The van der Waals surface area contributed by atoms with Crippen LogP contribution >= 0.6 is 22.9 Å². The van der Waals surface area contributed by atoms with E-state index in [0.717, 1.165) is 5.56 Å². The van der Waals surface area contributed by atoms with Crippen LogP contribution in [0.25, 0.3) is 0 Å². The van der Waals surface area contributed by atoms with Crippen molar-refractivity contribution in [2.45, 2.75) is 18.4 Å². The monoisotopic (exact) mass is 434 g/mol. The van der Waals surface area contributed by atoms with E-state index in [1.165, 1.54) is 15.6 Å². The number of nitrogens with one attached hydrogen (secondary N) is 1. The highest BCUT2D eigenvalue weighted by Gasteiger charge is 2.28. The zero-order valence-corrected chi connectivity index (χ0v) is 17.5. The first-order valence-corrected chi connectivity index (χ1v) is 11.3.